The van der Waals surface area contributed by atoms with E-state index in [1.54, 1.807) is 0 Å². The Morgan fingerprint density at radius 2 is 1.62 bits per heavy atom. The SMILES string of the molecule is O=C(OCc1ccccc1)C(CC(=O)N1C[C@H]2CCCC[C@H]2C1)Cc1ccc(OCCO)cc1. The summed E-state index contributed by atoms with van der Waals surface area (Å²) < 4.78 is 11.1. The number of fused-ring (bicyclic) bond motifs is 1. The van der Waals surface area contributed by atoms with Gasteiger partial charge in [0.2, 0.25) is 5.91 Å². The fourth-order valence-electron chi connectivity index (χ4n) is 5.20. The minimum atomic E-state index is -0.539. The van der Waals surface area contributed by atoms with E-state index in [1.165, 1.54) is 25.7 Å². The number of ether oxygens (including phenoxy) is 2. The molecule has 1 unspecified atom stereocenters. The van der Waals surface area contributed by atoms with E-state index >= 15 is 0 Å². The van der Waals surface area contributed by atoms with Crippen molar-refractivity contribution in [2.75, 3.05) is 26.3 Å². The smallest absolute Gasteiger partial charge is 0.310 e. The van der Waals surface area contributed by atoms with Gasteiger partial charge in [0, 0.05) is 19.5 Å². The monoisotopic (exact) mass is 465 g/mol. The van der Waals surface area contributed by atoms with Crippen LogP contribution in [-0.2, 0) is 27.4 Å². The van der Waals surface area contributed by atoms with Gasteiger partial charge in [-0.15, -0.1) is 0 Å². The lowest BCUT2D eigenvalue weighted by Gasteiger charge is -2.22. The third kappa shape index (κ3) is 6.60. The molecule has 3 atom stereocenters. The Hall–Kier alpha value is -2.86. The maximum atomic E-state index is 13.2. The molecule has 6 nitrogen and oxygen atoms in total. The summed E-state index contributed by atoms with van der Waals surface area (Å²) in [4.78, 5) is 28.3. The van der Waals surface area contributed by atoms with E-state index in [-0.39, 0.29) is 38.1 Å². The molecule has 1 aliphatic carbocycles. The third-order valence-corrected chi connectivity index (χ3v) is 7.07. The summed E-state index contributed by atoms with van der Waals surface area (Å²) in [6.07, 6.45) is 5.53. The zero-order chi connectivity index (χ0) is 23.8. The van der Waals surface area contributed by atoms with E-state index in [1.807, 2.05) is 59.5 Å². The lowest BCUT2D eigenvalue weighted by molar-refractivity contribution is -0.152. The van der Waals surface area contributed by atoms with Gasteiger partial charge >= 0.3 is 5.97 Å². The first kappa shape index (κ1) is 24.3. The van der Waals surface area contributed by atoms with E-state index in [9.17, 15) is 9.59 Å². The van der Waals surface area contributed by atoms with Crippen molar-refractivity contribution in [3.8, 4) is 5.75 Å². The number of carbonyl (C=O) groups excluding carboxylic acids is 2. The zero-order valence-corrected chi connectivity index (χ0v) is 19.7. The normalized spacial score (nSPS) is 20.4. The number of benzene rings is 2. The minimum absolute atomic E-state index is 0.0442. The number of carbonyl (C=O) groups is 2. The molecule has 1 amide bonds. The summed E-state index contributed by atoms with van der Waals surface area (Å²) in [5.41, 5.74) is 1.87. The Balaban J connectivity index is 1.40. The standard InChI is InChI=1S/C28H35NO5/c30-14-15-33-26-12-10-21(11-13-26)16-25(28(32)34-20-22-6-2-1-3-7-22)17-27(31)29-18-23-8-4-5-9-24(23)19-29/h1-3,6-7,10-13,23-25,30H,4-5,8-9,14-20H2/t23-,24+,25?. The molecule has 1 N–H and O–H groups in total. The number of aliphatic hydroxyl groups is 1. The van der Waals surface area contributed by atoms with Crippen LogP contribution in [0.1, 0.15) is 43.2 Å². The van der Waals surface area contributed by atoms with Crippen molar-refractivity contribution < 1.29 is 24.2 Å². The van der Waals surface area contributed by atoms with Crippen LogP contribution in [0.4, 0.5) is 0 Å². The quantitative estimate of drug-likeness (QED) is 0.537. The average molecular weight is 466 g/mol. The summed E-state index contributed by atoms with van der Waals surface area (Å²) in [6.45, 7) is 2.04. The molecule has 2 fully saturated rings. The second kappa shape index (κ2) is 12.0. The van der Waals surface area contributed by atoms with Crippen molar-refractivity contribution in [2.45, 2.75) is 45.1 Å². The van der Waals surface area contributed by atoms with Crippen molar-refractivity contribution >= 4 is 11.9 Å². The number of nitrogens with zero attached hydrogens (tertiary/aromatic N) is 1. The maximum Gasteiger partial charge on any atom is 0.310 e. The van der Waals surface area contributed by atoms with E-state index in [4.69, 9.17) is 14.6 Å². The Bertz CT molecular complexity index is 916. The van der Waals surface area contributed by atoms with Crippen LogP contribution in [0.25, 0.3) is 0 Å². The molecule has 182 valence electrons. The highest BCUT2D eigenvalue weighted by Gasteiger charge is 2.37. The van der Waals surface area contributed by atoms with Gasteiger partial charge in [-0.2, -0.15) is 0 Å². The summed E-state index contributed by atoms with van der Waals surface area (Å²) in [7, 11) is 0. The van der Waals surface area contributed by atoms with Crippen LogP contribution < -0.4 is 4.74 Å². The molecule has 6 heteroatoms. The highest BCUT2D eigenvalue weighted by molar-refractivity contribution is 5.83. The second-order valence-corrected chi connectivity index (χ2v) is 9.52. The molecule has 2 aromatic carbocycles. The molecule has 0 spiro atoms. The number of rotatable bonds is 10. The molecule has 2 aliphatic rings. The second-order valence-electron chi connectivity index (χ2n) is 9.52. The maximum absolute atomic E-state index is 13.2. The molecular formula is C28H35NO5. The molecular weight excluding hydrogens is 430 g/mol. The Kier molecular flexibility index (Phi) is 8.58. The molecule has 0 bridgehead atoms. The van der Waals surface area contributed by atoms with Crippen molar-refractivity contribution in [3.05, 3.63) is 65.7 Å². The van der Waals surface area contributed by atoms with Crippen LogP contribution in [0.5, 0.6) is 5.75 Å². The summed E-state index contributed by atoms with van der Waals surface area (Å²) in [5, 5.41) is 8.92. The summed E-state index contributed by atoms with van der Waals surface area (Å²) in [6, 6.07) is 17.0. The number of aliphatic hydroxyl groups excluding tert-OH is 1. The van der Waals surface area contributed by atoms with Crippen molar-refractivity contribution in [2.24, 2.45) is 17.8 Å². The van der Waals surface area contributed by atoms with Gasteiger partial charge in [-0.05, 0) is 54.4 Å². The highest BCUT2D eigenvalue weighted by atomic mass is 16.5. The van der Waals surface area contributed by atoms with Crippen LogP contribution in [-0.4, -0.2) is 48.2 Å². The summed E-state index contributed by atoms with van der Waals surface area (Å²) >= 11 is 0. The molecule has 1 saturated heterocycles. The third-order valence-electron chi connectivity index (χ3n) is 7.07. The highest BCUT2D eigenvalue weighted by Crippen LogP contribution is 2.36. The number of hydrogen-bond donors (Lipinski definition) is 1. The Labute approximate surface area is 201 Å². The molecule has 34 heavy (non-hydrogen) atoms. The van der Waals surface area contributed by atoms with Crippen molar-refractivity contribution in [3.63, 3.8) is 0 Å². The molecule has 0 radical (unpaired) electrons. The van der Waals surface area contributed by atoms with Crippen molar-refractivity contribution in [1.29, 1.82) is 0 Å². The van der Waals surface area contributed by atoms with Gasteiger partial charge in [0.25, 0.3) is 0 Å². The van der Waals surface area contributed by atoms with Gasteiger partial charge < -0.3 is 19.5 Å². The van der Waals surface area contributed by atoms with Gasteiger partial charge in [0.05, 0.1) is 12.5 Å². The van der Waals surface area contributed by atoms with Crippen LogP contribution in [0.3, 0.4) is 0 Å². The number of amides is 1. The van der Waals surface area contributed by atoms with Crippen LogP contribution in [0, 0.1) is 17.8 Å². The van der Waals surface area contributed by atoms with Crippen LogP contribution in [0.15, 0.2) is 54.6 Å². The van der Waals surface area contributed by atoms with Gasteiger partial charge in [0.1, 0.15) is 19.0 Å². The summed E-state index contributed by atoms with van der Waals surface area (Å²) in [5.74, 6) is 1.08. The van der Waals surface area contributed by atoms with Crippen LogP contribution in [0.2, 0.25) is 0 Å². The fraction of sp³-hybridized carbons (Fsp3) is 0.500. The molecule has 1 saturated carbocycles. The zero-order valence-electron chi connectivity index (χ0n) is 19.7. The lowest BCUT2D eigenvalue weighted by Crippen LogP contribution is -2.33. The van der Waals surface area contributed by atoms with Crippen molar-refractivity contribution in [1.82, 2.24) is 4.90 Å². The molecule has 4 rings (SSSR count). The predicted octanol–water partition coefficient (Wildman–Crippen LogP) is 4.00. The predicted molar refractivity (Wildman–Crippen MR) is 129 cm³/mol. The first-order valence-electron chi connectivity index (χ1n) is 12.4. The minimum Gasteiger partial charge on any atom is -0.491 e. The number of likely N-dealkylation sites (tertiary alicyclic amines) is 1. The van der Waals surface area contributed by atoms with E-state index < -0.39 is 5.92 Å². The largest absolute Gasteiger partial charge is 0.491 e. The fourth-order valence-corrected chi connectivity index (χ4v) is 5.20. The lowest BCUT2D eigenvalue weighted by atomic mass is 9.82. The van der Waals surface area contributed by atoms with Crippen LogP contribution >= 0.6 is 0 Å². The van der Waals surface area contributed by atoms with Gasteiger partial charge in [-0.3, -0.25) is 9.59 Å². The Morgan fingerprint density at radius 3 is 2.26 bits per heavy atom. The van der Waals surface area contributed by atoms with E-state index in [0.717, 1.165) is 24.2 Å². The average Bonchev–Trinajstić information content (AvgIpc) is 3.32. The molecule has 1 aliphatic heterocycles. The number of hydrogen-bond acceptors (Lipinski definition) is 5. The first-order valence-corrected chi connectivity index (χ1v) is 12.4. The molecule has 0 aromatic heterocycles. The Morgan fingerprint density at radius 1 is 0.941 bits per heavy atom. The van der Waals surface area contributed by atoms with Gasteiger partial charge in [-0.1, -0.05) is 55.3 Å². The molecule has 1 heterocycles. The van der Waals surface area contributed by atoms with E-state index in [2.05, 4.69) is 0 Å². The van der Waals surface area contributed by atoms with E-state index in [0.29, 0.717) is 24.0 Å². The molecule has 2 aromatic rings. The topological polar surface area (TPSA) is 76.1 Å². The van der Waals surface area contributed by atoms with Gasteiger partial charge in [0.15, 0.2) is 0 Å². The first-order chi connectivity index (χ1) is 16.6. The van der Waals surface area contributed by atoms with Gasteiger partial charge in [-0.25, -0.2) is 0 Å². The number of esters is 1.